The molecule has 3 amide bonds. The van der Waals surface area contributed by atoms with Crippen LogP contribution < -0.4 is 16.4 Å². The van der Waals surface area contributed by atoms with Gasteiger partial charge in [0.2, 0.25) is 5.91 Å². The van der Waals surface area contributed by atoms with Gasteiger partial charge >= 0.3 is 6.03 Å². The van der Waals surface area contributed by atoms with Gasteiger partial charge in [-0.05, 0) is 54.1 Å². The number of aliphatic hydroxyl groups excluding tert-OH is 1. The molecule has 0 aliphatic rings. The lowest BCUT2D eigenvalue weighted by atomic mass is 10.1. The first-order valence-corrected chi connectivity index (χ1v) is 12.1. The Bertz CT molecular complexity index is 1210. The molecule has 1 heterocycles. The monoisotopic (exact) mass is 551 g/mol. The molecule has 0 aliphatic heterocycles. The van der Waals surface area contributed by atoms with Crippen molar-refractivity contribution in [2.24, 2.45) is 5.73 Å². The normalized spacial score (nSPS) is 11.9. The second-order valence-electron chi connectivity index (χ2n) is 8.41. The number of fused-ring (bicyclic) bond motifs is 1. The number of aliphatic hydroxyl groups is 1. The lowest BCUT2D eigenvalue weighted by Gasteiger charge is -2.29. The first kappa shape index (κ1) is 32.7. The summed E-state index contributed by atoms with van der Waals surface area (Å²) in [5, 5.41) is 16.4. The number of anilines is 1. The predicted octanol–water partition coefficient (Wildman–Crippen LogP) is 5.08. The van der Waals surface area contributed by atoms with Crippen molar-refractivity contribution >= 4 is 40.1 Å². The number of aromatic nitrogens is 1. The zero-order valence-electron chi connectivity index (χ0n) is 21.0. The summed E-state index contributed by atoms with van der Waals surface area (Å²) < 4.78 is 26.3. The summed E-state index contributed by atoms with van der Waals surface area (Å²) in [7, 11) is 1.65. The van der Waals surface area contributed by atoms with Gasteiger partial charge in [-0.25, -0.2) is 18.6 Å². The molecule has 2 atom stereocenters. The number of nitrogens with zero attached hydrogens (tertiary/aromatic N) is 2. The van der Waals surface area contributed by atoms with Crippen molar-refractivity contribution < 1.29 is 23.5 Å². The van der Waals surface area contributed by atoms with Gasteiger partial charge in [0.1, 0.15) is 17.5 Å². The fourth-order valence-electron chi connectivity index (χ4n) is 3.52. The smallest absolute Gasteiger partial charge is 0.317 e. The Morgan fingerprint density at radius 2 is 1.89 bits per heavy atom. The summed E-state index contributed by atoms with van der Waals surface area (Å²) >= 11 is 5.85. The maximum Gasteiger partial charge on any atom is 0.317 e. The van der Waals surface area contributed by atoms with Gasteiger partial charge in [-0.2, -0.15) is 0 Å². The van der Waals surface area contributed by atoms with Crippen molar-refractivity contribution in [3.63, 3.8) is 0 Å². The van der Waals surface area contributed by atoms with Crippen molar-refractivity contribution in [2.45, 2.75) is 52.8 Å². The quantitative estimate of drug-likeness (QED) is 0.311. The molecule has 5 N–H and O–H groups in total. The van der Waals surface area contributed by atoms with Crippen molar-refractivity contribution in [1.29, 1.82) is 0 Å². The predicted molar refractivity (Wildman–Crippen MR) is 148 cm³/mol. The second kappa shape index (κ2) is 15.8. The van der Waals surface area contributed by atoms with Crippen LogP contribution in [0.1, 0.15) is 39.7 Å². The fraction of sp³-hybridized carbons (Fsp3) is 0.370. The van der Waals surface area contributed by atoms with Gasteiger partial charge in [0.05, 0.1) is 11.1 Å². The van der Waals surface area contributed by atoms with E-state index in [-0.39, 0.29) is 49.3 Å². The molecule has 3 rings (SSSR count). The Hall–Kier alpha value is -3.34. The molecule has 0 spiro atoms. The van der Waals surface area contributed by atoms with Gasteiger partial charge < -0.3 is 26.4 Å². The van der Waals surface area contributed by atoms with Gasteiger partial charge in [0.25, 0.3) is 0 Å². The van der Waals surface area contributed by atoms with E-state index in [4.69, 9.17) is 17.3 Å². The van der Waals surface area contributed by atoms with E-state index in [2.05, 4.69) is 15.6 Å². The van der Waals surface area contributed by atoms with Crippen LogP contribution in [0.2, 0.25) is 5.02 Å². The lowest BCUT2D eigenvalue weighted by Crippen LogP contribution is -2.45. The maximum atomic E-state index is 13.3. The Labute approximate surface area is 227 Å². The standard InChI is InChI=1S/C15H23ClFN3O2.C11H9FN2O.CH4/c1-3-11(7-12(21)8-18)20(2)15(22)19-9-10-5-4-6-13(17)14(10)16;1-7(15)14-11-5-9-4-10(12)3-2-8(9)6-13-11;/h4-6,11-12,21H,3,7-9,18H2,1-2H3,(H,19,22);2-6H,1H3,(H,13,14,15);1H4/t11?,12-;;/m1../s1. The zero-order valence-corrected chi connectivity index (χ0v) is 21.7. The van der Waals surface area contributed by atoms with Crippen molar-refractivity contribution in [2.75, 3.05) is 18.9 Å². The number of halogens is 3. The minimum atomic E-state index is -0.641. The van der Waals surface area contributed by atoms with Crippen LogP contribution in [-0.2, 0) is 11.3 Å². The number of hydrogen-bond acceptors (Lipinski definition) is 5. The molecule has 1 aromatic heterocycles. The van der Waals surface area contributed by atoms with Gasteiger partial charge in [0.15, 0.2) is 0 Å². The van der Waals surface area contributed by atoms with Crippen molar-refractivity contribution in [1.82, 2.24) is 15.2 Å². The molecular formula is C27H36ClF2N5O3. The minimum absolute atomic E-state index is 0. The summed E-state index contributed by atoms with van der Waals surface area (Å²) in [6.45, 7) is 3.62. The van der Waals surface area contributed by atoms with E-state index in [0.717, 1.165) is 5.39 Å². The molecule has 0 saturated carbocycles. The molecule has 1 unspecified atom stereocenters. The summed E-state index contributed by atoms with van der Waals surface area (Å²) in [6.07, 6.45) is 2.07. The van der Waals surface area contributed by atoms with E-state index in [1.165, 1.54) is 30.0 Å². The Morgan fingerprint density at radius 3 is 2.53 bits per heavy atom. The zero-order chi connectivity index (χ0) is 27.5. The molecule has 0 bridgehead atoms. The average molecular weight is 552 g/mol. The number of urea groups is 1. The van der Waals surface area contributed by atoms with E-state index in [9.17, 15) is 23.5 Å². The topological polar surface area (TPSA) is 121 Å². The highest BCUT2D eigenvalue weighted by Crippen LogP contribution is 2.20. The van der Waals surface area contributed by atoms with Crippen LogP contribution in [-0.4, -0.2) is 52.7 Å². The number of carbonyl (C=O) groups excluding carboxylic acids is 2. The Kier molecular flexibility index (Phi) is 13.6. The van der Waals surface area contributed by atoms with Crippen molar-refractivity contribution in [3.8, 4) is 0 Å². The van der Waals surface area contributed by atoms with E-state index in [0.29, 0.717) is 29.6 Å². The third-order valence-corrected chi connectivity index (χ3v) is 6.03. The molecule has 0 fully saturated rings. The molecule has 3 aromatic rings. The summed E-state index contributed by atoms with van der Waals surface area (Å²) in [5.74, 6) is -0.583. The molecular weight excluding hydrogens is 516 g/mol. The summed E-state index contributed by atoms with van der Waals surface area (Å²) in [5.41, 5.74) is 5.91. The van der Waals surface area contributed by atoms with Gasteiger partial charge in [-0.3, -0.25) is 4.79 Å². The summed E-state index contributed by atoms with van der Waals surface area (Å²) in [6, 6.07) is 10.1. The molecule has 0 saturated heterocycles. The van der Waals surface area contributed by atoms with Crippen molar-refractivity contribution in [3.05, 3.63) is 70.9 Å². The highest BCUT2D eigenvalue weighted by atomic mass is 35.5. The number of nitrogens with two attached hydrogens (primary N) is 1. The largest absolute Gasteiger partial charge is 0.392 e. The third-order valence-electron chi connectivity index (χ3n) is 5.61. The second-order valence-corrected chi connectivity index (χ2v) is 8.79. The van der Waals surface area contributed by atoms with E-state index in [1.807, 2.05) is 6.92 Å². The van der Waals surface area contributed by atoms with Gasteiger partial charge in [-0.15, -0.1) is 0 Å². The Balaban J connectivity index is 0.000000393. The number of amides is 3. The highest BCUT2D eigenvalue weighted by molar-refractivity contribution is 6.31. The van der Waals surface area contributed by atoms with Crippen LogP contribution in [0, 0.1) is 11.6 Å². The van der Waals surface area contributed by atoms with E-state index < -0.39 is 11.9 Å². The maximum absolute atomic E-state index is 13.3. The number of rotatable bonds is 8. The molecule has 0 aliphatic carbocycles. The van der Waals surface area contributed by atoms with E-state index >= 15 is 0 Å². The summed E-state index contributed by atoms with van der Waals surface area (Å²) in [4.78, 5) is 28.5. The van der Waals surface area contributed by atoms with Crippen LogP contribution >= 0.6 is 11.6 Å². The number of nitrogens with one attached hydrogen (secondary N) is 2. The average Bonchev–Trinajstić information content (AvgIpc) is 2.87. The van der Waals surface area contributed by atoms with Gasteiger partial charge in [0, 0.05) is 44.7 Å². The van der Waals surface area contributed by atoms with Gasteiger partial charge in [-0.1, -0.05) is 38.1 Å². The number of carbonyl (C=O) groups is 2. The number of pyridine rings is 1. The fourth-order valence-corrected chi connectivity index (χ4v) is 3.71. The number of benzene rings is 2. The van der Waals surface area contributed by atoms with Crippen LogP contribution in [0.15, 0.2) is 48.7 Å². The number of hydrogen-bond donors (Lipinski definition) is 4. The molecule has 2 aromatic carbocycles. The van der Waals surface area contributed by atoms with Crippen LogP contribution in [0.3, 0.4) is 0 Å². The molecule has 38 heavy (non-hydrogen) atoms. The van der Waals surface area contributed by atoms with E-state index in [1.54, 1.807) is 37.5 Å². The first-order chi connectivity index (χ1) is 17.5. The highest BCUT2D eigenvalue weighted by Gasteiger charge is 2.21. The first-order valence-electron chi connectivity index (χ1n) is 11.7. The third kappa shape index (κ3) is 9.85. The van der Waals surface area contributed by atoms with Crippen LogP contribution in [0.5, 0.6) is 0 Å². The van der Waals surface area contributed by atoms with Crippen LogP contribution in [0.4, 0.5) is 19.4 Å². The van der Waals surface area contributed by atoms with Crippen LogP contribution in [0.25, 0.3) is 10.8 Å². The molecule has 0 radical (unpaired) electrons. The SMILES string of the molecule is C.CC(=O)Nc1cc2cc(F)ccc2cn1.CCC(C[C@@H](O)CN)N(C)C(=O)NCc1cccc(F)c1Cl. The Morgan fingerprint density at radius 1 is 1.18 bits per heavy atom. The molecule has 8 nitrogen and oxygen atoms in total. The minimum Gasteiger partial charge on any atom is -0.392 e. The lowest BCUT2D eigenvalue weighted by molar-refractivity contribution is -0.114. The molecule has 11 heteroatoms. The molecule has 208 valence electrons.